The van der Waals surface area contributed by atoms with Crippen molar-refractivity contribution in [1.82, 2.24) is 10.2 Å². The summed E-state index contributed by atoms with van der Waals surface area (Å²) in [4.78, 5) is 27.9. The minimum absolute atomic E-state index is 0.0316. The second kappa shape index (κ2) is 8.34. The molecule has 0 unspecified atom stereocenters. The van der Waals surface area contributed by atoms with Gasteiger partial charge in [0, 0.05) is 31.2 Å². The summed E-state index contributed by atoms with van der Waals surface area (Å²) in [6, 6.07) is 8.42. The Morgan fingerprint density at radius 2 is 1.84 bits per heavy atom. The number of nitrogens with zero attached hydrogens (tertiary/aromatic N) is 2. The molecule has 2 aliphatic rings. The number of hydrogen-bond acceptors (Lipinski definition) is 4. The van der Waals surface area contributed by atoms with Crippen LogP contribution in [-0.4, -0.2) is 49.4 Å². The van der Waals surface area contributed by atoms with Crippen LogP contribution in [0, 0.1) is 5.92 Å². The Morgan fingerprint density at radius 3 is 2.52 bits per heavy atom. The number of rotatable bonds is 6. The molecule has 2 amide bonds. The van der Waals surface area contributed by atoms with Gasteiger partial charge in [0.05, 0.1) is 6.54 Å². The first-order valence-corrected chi connectivity index (χ1v) is 9.24. The van der Waals surface area contributed by atoms with Gasteiger partial charge in [-0.05, 0) is 56.5 Å². The van der Waals surface area contributed by atoms with Gasteiger partial charge >= 0.3 is 0 Å². The number of hydrogen-bond donors (Lipinski definition) is 2. The summed E-state index contributed by atoms with van der Waals surface area (Å²) in [5.41, 5.74) is 7.72. The van der Waals surface area contributed by atoms with Crippen molar-refractivity contribution in [3.05, 3.63) is 29.8 Å². The first kappa shape index (κ1) is 17.7. The van der Waals surface area contributed by atoms with E-state index >= 15 is 0 Å². The Hall–Kier alpha value is -2.08. The predicted molar refractivity (Wildman–Crippen MR) is 98.1 cm³/mol. The quantitative estimate of drug-likeness (QED) is 0.810. The zero-order valence-electron chi connectivity index (χ0n) is 14.7. The Kier molecular flexibility index (Phi) is 5.91. The Bertz CT molecular complexity index is 605. The highest BCUT2D eigenvalue weighted by Gasteiger charge is 2.24. The number of nitrogens with one attached hydrogen (secondary N) is 1. The maximum absolute atomic E-state index is 12.2. The molecular formula is C19H28N4O2. The van der Waals surface area contributed by atoms with E-state index < -0.39 is 0 Å². The summed E-state index contributed by atoms with van der Waals surface area (Å²) in [7, 11) is 0. The van der Waals surface area contributed by atoms with E-state index in [-0.39, 0.29) is 17.7 Å². The Labute approximate surface area is 149 Å². The number of amides is 2. The second-order valence-electron chi connectivity index (χ2n) is 7.09. The highest BCUT2D eigenvalue weighted by atomic mass is 16.2. The van der Waals surface area contributed by atoms with Crippen molar-refractivity contribution in [3.8, 4) is 0 Å². The van der Waals surface area contributed by atoms with Gasteiger partial charge in [-0.1, -0.05) is 12.1 Å². The molecule has 3 rings (SSSR count). The standard InChI is InChI=1S/C19H28N4O2/c20-19(25)16-6-10-22(11-7-16)14-18(24)21-13-15-4-3-5-17(12-15)23-8-1-2-9-23/h3-5,12,16H,1-2,6-11,13-14H2,(H2,20,25)(H,21,24). The van der Waals surface area contributed by atoms with Gasteiger partial charge in [-0.2, -0.15) is 0 Å². The van der Waals surface area contributed by atoms with Gasteiger partial charge in [0.2, 0.25) is 11.8 Å². The zero-order valence-corrected chi connectivity index (χ0v) is 14.7. The van der Waals surface area contributed by atoms with Crippen molar-refractivity contribution in [2.75, 3.05) is 37.6 Å². The van der Waals surface area contributed by atoms with Crippen LogP contribution in [-0.2, 0) is 16.1 Å². The summed E-state index contributed by atoms with van der Waals surface area (Å²) in [6.07, 6.45) is 4.02. The molecule has 0 atom stereocenters. The van der Waals surface area contributed by atoms with Crippen LogP contribution in [0.5, 0.6) is 0 Å². The highest BCUT2D eigenvalue weighted by molar-refractivity contribution is 5.78. The van der Waals surface area contributed by atoms with Crippen LogP contribution < -0.4 is 16.0 Å². The van der Waals surface area contributed by atoms with E-state index in [4.69, 9.17) is 5.73 Å². The number of carbonyl (C=O) groups excluding carboxylic acids is 2. The molecule has 0 radical (unpaired) electrons. The monoisotopic (exact) mass is 344 g/mol. The number of primary amides is 1. The molecule has 2 saturated heterocycles. The lowest BCUT2D eigenvalue weighted by molar-refractivity contribution is -0.124. The van der Waals surface area contributed by atoms with Crippen LogP contribution in [0.1, 0.15) is 31.2 Å². The summed E-state index contributed by atoms with van der Waals surface area (Å²) in [6.45, 7) is 4.70. The van der Waals surface area contributed by atoms with Crippen LogP contribution in [0.4, 0.5) is 5.69 Å². The van der Waals surface area contributed by atoms with Gasteiger partial charge in [-0.15, -0.1) is 0 Å². The van der Waals surface area contributed by atoms with Crippen molar-refractivity contribution < 1.29 is 9.59 Å². The van der Waals surface area contributed by atoms with Crippen LogP contribution in [0.25, 0.3) is 0 Å². The number of benzene rings is 1. The molecule has 1 aromatic carbocycles. The SMILES string of the molecule is NC(=O)C1CCN(CC(=O)NCc2cccc(N3CCCC3)c2)CC1. The Morgan fingerprint density at radius 1 is 1.12 bits per heavy atom. The maximum atomic E-state index is 12.2. The van der Waals surface area contributed by atoms with Crippen molar-refractivity contribution in [1.29, 1.82) is 0 Å². The molecule has 25 heavy (non-hydrogen) atoms. The highest BCUT2D eigenvalue weighted by Crippen LogP contribution is 2.21. The van der Waals surface area contributed by atoms with Crippen LogP contribution in [0.15, 0.2) is 24.3 Å². The van der Waals surface area contributed by atoms with Gasteiger partial charge in [-0.3, -0.25) is 14.5 Å². The number of anilines is 1. The van der Waals surface area contributed by atoms with Crippen molar-refractivity contribution in [2.24, 2.45) is 11.7 Å². The number of nitrogens with two attached hydrogens (primary N) is 1. The third-order valence-electron chi connectivity index (χ3n) is 5.23. The van der Waals surface area contributed by atoms with E-state index in [2.05, 4.69) is 39.4 Å². The molecule has 0 spiro atoms. The smallest absolute Gasteiger partial charge is 0.234 e. The zero-order chi connectivity index (χ0) is 17.6. The molecule has 0 aliphatic carbocycles. The van der Waals surface area contributed by atoms with Crippen molar-refractivity contribution >= 4 is 17.5 Å². The molecule has 0 bridgehead atoms. The lowest BCUT2D eigenvalue weighted by Gasteiger charge is -2.29. The van der Waals surface area contributed by atoms with Crippen molar-refractivity contribution in [3.63, 3.8) is 0 Å². The number of piperidine rings is 1. The average molecular weight is 344 g/mol. The normalized spacial score (nSPS) is 19.1. The van der Waals surface area contributed by atoms with E-state index in [9.17, 15) is 9.59 Å². The lowest BCUT2D eigenvalue weighted by atomic mass is 9.96. The molecule has 136 valence electrons. The Balaban J connectivity index is 1.43. The maximum Gasteiger partial charge on any atom is 0.234 e. The van der Waals surface area contributed by atoms with Crippen LogP contribution >= 0.6 is 0 Å². The fourth-order valence-electron chi connectivity index (χ4n) is 3.67. The first-order chi connectivity index (χ1) is 12.1. The fourth-order valence-corrected chi connectivity index (χ4v) is 3.67. The molecular weight excluding hydrogens is 316 g/mol. The van der Waals surface area contributed by atoms with Gasteiger partial charge in [0.25, 0.3) is 0 Å². The average Bonchev–Trinajstić information content (AvgIpc) is 3.15. The van der Waals surface area contributed by atoms with E-state index in [1.807, 2.05) is 0 Å². The largest absolute Gasteiger partial charge is 0.372 e. The van der Waals surface area contributed by atoms with E-state index in [0.29, 0.717) is 13.1 Å². The minimum Gasteiger partial charge on any atom is -0.372 e. The third-order valence-corrected chi connectivity index (χ3v) is 5.23. The van der Waals surface area contributed by atoms with E-state index in [1.54, 1.807) is 0 Å². The fraction of sp³-hybridized carbons (Fsp3) is 0.579. The second-order valence-corrected chi connectivity index (χ2v) is 7.09. The molecule has 6 nitrogen and oxygen atoms in total. The summed E-state index contributed by atoms with van der Waals surface area (Å²) in [5.74, 6) is -0.223. The summed E-state index contributed by atoms with van der Waals surface area (Å²) in [5, 5.41) is 3.01. The van der Waals surface area contributed by atoms with E-state index in [1.165, 1.54) is 18.5 Å². The molecule has 0 aromatic heterocycles. The van der Waals surface area contributed by atoms with Gasteiger partial charge < -0.3 is 16.0 Å². The first-order valence-electron chi connectivity index (χ1n) is 9.24. The van der Waals surface area contributed by atoms with Gasteiger partial charge in [-0.25, -0.2) is 0 Å². The number of carbonyl (C=O) groups is 2. The van der Waals surface area contributed by atoms with Crippen LogP contribution in [0.2, 0.25) is 0 Å². The predicted octanol–water partition coefficient (Wildman–Crippen LogP) is 1.10. The third kappa shape index (κ3) is 4.95. The molecule has 1 aromatic rings. The topological polar surface area (TPSA) is 78.7 Å². The van der Waals surface area contributed by atoms with Crippen LogP contribution in [0.3, 0.4) is 0 Å². The summed E-state index contributed by atoms with van der Waals surface area (Å²) >= 11 is 0. The molecule has 0 saturated carbocycles. The number of likely N-dealkylation sites (tertiary alicyclic amines) is 1. The lowest BCUT2D eigenvalue weighted by Crippen LogP contribution is -2.43. The minimum atomic E-state index is -0.220. The van der Waals surface area contributed by atoms with E-state index in [0.717, 1.165) is 44.6 Å². The molecule has 2 fully saturated rings. The molecule has 3 N–H and O–H groups in total. The molecule has 2 heterocycles. The summed E-state index contributed by atoms with van der Waals surface area (Å²) < 4.78 is 0. The molecule has 2 aliphatic heterocycles. The molecule has 6 heteroatoms. The van der Waals surface area contributed by atoms with Gasteiger partial charge in [0.15, 0.2) is 0 Å². The van der Waals surface area contributed by atoms with Crippen molar-refractivity contribution in [2.45, 2.75) is 32.2 Å². The van der Waals surface area contributed by atoms with Gasteiger partial charge in [0.1, 0.15) is 0 Å².